The van der Waals surface area contributed by atoms with E-state index in [1.165, 1.54) is 0 Å². The first-order valence-electron chi connectivity index (χ1n) is 9.82. The van der Waals surface area contributed by atoms with Crippen LogP contribution in [0.25, 0.3) is 33.3 Å². The topological polar surface area (TPSA) is 63.3 Å². The molecule has 0 bridgehead atoms. The van der Waals surface area contributed by atoms with Gasteiger partial charge in [0.2, 0.25) is 0 Å². The van der Waals surface area contributed by atoms with Gasteiger partial charge in [0.25, 0.3) is 0 Å². The summed E-state index contributed by atoms with van der Waals surface area (Å²) in [5.41, 5.74) is 4.85. The summed E-state index contributed by atoms with van der Waals surface area (Å²) < 4.78 is 10.7. The molecule has 6 nitrogen and oxygen atoms in total. The molecular formula is C23H21ClN4O2. The molecular weight excluding hydrogens is 400 g/mol. The Hall–Kier alpha value is -3.09. The molecule has 152 valence electrons. The normalized spacial score (nSPS) is 14.3. The van der Waals surface area contributed by atoms with Crippen molar-refractivity contribution in [3.63, 3.8) is 0 Å². The summed E-state index contributed by atoms with van der Waals surface area (Å²) in [6, 6.07) is 12.2. The highest BCUT2D eigenvalue weighted by Crippen LogP contribution is 2.35. The predicted molar refractivity (Wildman–Crippen MR) is 119 cm³/mol. The van der Waals surface area contributed by atoms with E-state index >= 15 is 0 Å². The van der Waals surface area contributed by atoms with Gasteiger partial charge < -0.3 is 19.4 Å². The molecule has 0 spiro atoms. The molecule has 1 N–H and O–H groups in total. The van der Waals surface area contributed by atoms with Gasteiger partial charge in [-0.3, -0.25) is 4.98 Å². The first kappa shape index (κ1) is 18.9. The zero-order chi connectivity index (χ0) is 20.5. The van der Waals surface area contributed by atoms with Gasteiger partial charge in [0.05, 0.1) is 31.5 Å². The van der Waals surface area contributed by atoms with Crippen LogP contribution in [0, 0.1) is 0 Å². The van der Waals surface area contributed by atoms with Crippen LogP contribution in [0.5, 0.6) is 5.75 Å². The molecule has 1 aliphatic rings. The SMILES string of the molecule is COc1cncc(-c2cc3cc(-c4ccc(N5CCOCC5)nc4)[nH]c3cc2Cl)c1. The van der Waals surface area contributed by atoms with Crippen molar-refractivity contribution < 1.29 is 9.47 Å². The fraction of sp³-hybridized carbons (Fsp3) is 0.217. The van der Waals surface area contributed by atoms with Crippen LogP contribution >= 0.6 is 11.6 Å². The molecule has 0 unspecified atom stereocenters. The number of morpholine rings is 1. The number of fused-ring (bicyclic) bond motifs is 1. The van der Waals surface area contributed by atoms with E-state index in [0.29, 0.717) is 10.8 Å². The number of nitrogens with one attached hydrogen (secondary N) is 1. The third kappa shape index (κ3) is 3.60. The number of halogens is 1. The number of hydrogen-bond donors (Lipinski definition) is 1. The standard InChI is InChI=1S/C23H21ClN4O2/c1-29-18-8-17(12-25-14-18)19-9-16-10-21(27-22(16)11-20(19)24)15-2-3-23(26-13-15)28-4-6-30-7-5-28/h2-3,8-14,27H,4-7H2,1H3. The molecule has 3 aromatic heterocycles. The first-order chi connectivity index (χ1) is 14.7. The van der Waals surface area contributed by atoms with Crippen LogP contribution in [-0.2, 0) is 4.74 Å². The molecule has 30 heavy (non-hydrogen) atoms. The zero-order valence-corrected chi connectivity index (χ0v) is 17.3. The van der Waals surface area contributed by atoms with Crippen molar-refractivity contribution in [3.05, 3.63) is 60.0 Å². The highest BCUT2D eigenvalue weighted by molar-refractivity contribution is 6.34. The minimum atomic E-state index is 0.659. The molecule has 0 aliphatic carbocycles. The second-order valence-electron chi connectivity index (χ2n) is 7.22. The van der Waals surface area contributed by atoms with Crippen LogP contribution in [0.1, 0.15) is 0 Å². The van der Waals surface area contributed by atoms with E-state index in [2.05, 4.69) is 44.1 Å². The lowest BCUT2D eigenvalue weighted by molar-refractivity contribution is 0.122. The van der Waals surface area contributed by atoms with E-state index in [4.69, 9.17) is 21.1 Å². The number of aromatic nitrogens is 3. The van der Waals surface area contributed by atoms with E-state index in [1.54, 1.807) is 19.5 Å². The summed E-state index contributed by atoms with van der Waals surface area (Å²) in [6.07, 6.45) is 5.37. The first-order valence-corrected chi connectivity index (χ1v) is 10.2. The summed E-state index contributed by atoms with van der Waals surface area (Å²) >= 11 is 6.58. The molecule has 7 heteroatoms. The highest BCUT2D eigenvalue weighted by Gasteiger charge is 2.14. The molecule has 1 fully saturated rings. The molecule has 0 amide bonds. The molecule has 0 saturated carbocycles. The lowest BCUT2D eigenvalue weighted by atomic mass is 10.1. The molecule has 1 aromatic carbocycles. The van der Waals surface area contributed by atoms with Crippen LogP contribution in [0.15, 0.2) is 55.0 Å². The van der Waals surface area contributed by atoms with E-state index < -0.39 is 0 Å². The molecule has 4 aromatic rings. The van der Waals surface area contributed by atoms with Crippen LogP contribution in [0.3, 0.4) is 0 Å². The Labute approximate surface area is 179 Å². The van der Waals surface area contributed by atoms with Gasteiger partial charge in [-0.05, 0) is 36.4 Å². The number of aromatic amines is 1. The van der Waals surface area contributed by atoms with Crippen molar-refractivity contribution in [2.75, 3.05) is 38.3 Å². The van der Waals surface area contributed by atoms with Crippen LogP contribution in [0.2, 0.25) is 5.02 Å². The zero-order valence-electron chi connectivity index (χ0n) is 16.6. The van der Waals surface area contributed by atoms with Gasteiger partial charge in [0.1, 0.15) is 11.6 Å². The Balaban J connectivity index is 1.47. The monoisotopic (exact) mass is 420 g/mol. The summed E-state index contributed by atoms with van der Waals surface area (Å²) in [7, 11) is 1.63. The maximum absolute atomic E-state index is 6.58. The molecule has 1 aliphatic heterocycles. The number of nitrogens with zero attached hydrogens (tertiary/aromatic N) is 3. The lowest BCUT2D eigenvalue weighted by Gasteiger charge is -2.27. The number of pyridine rings is 2. The van der Waals surface area contributed by atoms with Crippen molar-refractivity contribution in [3.8, 4) is 28.1 Å². The highest BCUT2D eigenvalue weighted by atomic mass is 35.5. The van der Waals surface area contributed by atoms with Crippen molar-refractivity contribution >= 4 is 28.3 Å². The summed E-state index contributed by atoms with van der Waals surface area (Å²) in [6.45, 7) is 3.24. The third-order valence-electron chi connectivity index (χ3n) is 5.36. The summed E-state index contributed by atoms with van der Waals surface area (Å²) in [4.78, 5) is 14.6. The lowest BCUT2D eigenvalue weighted by Crippen LogP contribution is -2.36. The second kappa shape index (κ2) is 7.97. The van der Waals surface area contributed by atoms with Crippen LogP contribution < -0.4 is 9.64 Å². The molecule has 1 saturated heterocycles. The van der Waals surface area contributed by atoms with E-state index in [0.717, 1.165) is 65.4 Å². The molecule has 0 atom stereocenters. The fourth-order valence-electron chi connectivity index (χ4n) is 3.73. The number of anilines is 1. The number of benzene rings is 1. The van der Waals surface area contributed by atoms with Gasteiger partial charge in [-0.1, -0.05) is 11.6 Å². The number of rotatable bonds is 4. The quantitative estimate of drug-likeness (QED) is 0.514. The number of methoxy groups -OCH3 is 1. The van der Waals surface area contributed by atoms with Crippen molar-refractivity contribution in [1.82, 2.24) is 15.0 Å². The van der Waals surface area contributed by atoms with E-state index in [1.807, 2.05) is 18.3 Å². The van der Waals surface area contributed by atoms with E-state index in [9.17, 15) is 0 Å². The van der Waals surface area contributed by atoms with Gasteiger partial charge in [-0.2, -0.15) is 0 Å². The maximum atomic E-state index is 6.58. The fourth-order valence-corrected chi connectivity index (χ4v) is 4.01. The molecule has 4 heterocycles. The van der Waals surface area contributed by atoms with Crippen molar-refractivity contribution in [1.29, 1.82) is 0 Å². The van der Waals surface area contributed by atoms with Gasteiger partial charge in [0.15, 0.2) is 0 Å². The number of ether oxygens (including phenoxy) is 2. The van der Waals surface area contributed by atoms with Crippen molar-refractivity contribution in [2.24, 2.45) is 0 Å². The van der Waals surface area contributed by atoms with Crippen molar-refractivity contribution in [2.45, 2.75) is 0 Å². The third-order valence-corrected chi connectivity index (χ3v) is 5.67. The Morgan fingerprint density at radius 3 is 2.67 bits per heavy atom. The van der Waals surface area contributed by atoms with Gasteiger partial charge in [0, 0.05) is 58.8 Å². The summed E-state index contributed by atoms with van der Waals surface area (Å²) in [5.74, 6) is 1.68. The van der Waals surface area contributed by atoms with Gasteiger partial charge in [-0.15, -0.1) is 0 Å². The molecule has 0 radical (unpaired) electrons. The average molecular weight is 421 g/mol. The smallest absolute Gasteiger partial charge is 0.137 e. The van der Waals surface area contributed by atoms with E-state index in [-0.39, 0.29) is 0 Å². The Morgan fingerprint density at radius 2 is 1.90 bits per heavy atom. The minimum absolute atomic E-state index is 0.659. The molecule has 5 rings (SSSR count). The summed E-state index contributed by atoms with van der Waals surface area (Å²) in [5, 5.41) is 1.73. The average Bonchev–Trinajstić information content (AvgIpc) is 3.22. The Kier molecular flexibility index (Phi) is 5.02. The number of hydrogen-bond acceptors (Lipinski definition) is 5. The van der Waals surface area contributed by atoms with Gasteiger partial charge >= 0.3 is 0 Å². The predicted octanol–water partition coefficient (Wildman–Crippen LogP) is 4.79. The van der Waals surface area contributed by atoms with Gasteiger partial charge in [-0.25, -0.2) is 4.98 Å². The maximum Gasteiger partial charge on any atom is 0.137 e. The minimum Gasteiger partial charge on any atom is -0.495 e. The van der Waals surface area contributed by atoms with Crippen LogP contribution in [0.4, 0.5) is 5.82 Å². The Morgan fingerprint density at radius 1 is 1.03 bits per heavy atom. The second-order valence-corrected chi connectivity index (χ2v) is 7.63. The van der Waals surface area contributed by atoms with Crippen LogP contribution in [-0.4, -0.2) is 48.4 Å². The largest absolute Gasteiger partial charge is 0.495 e. The number of H-pyrrole nitrogens is 1. The Bertz CT molecular complexity index is 1180.